The van der Waals surface area contributed by atoms with Crippen LogP contribution in [0, 0.1) is 0 Å². The summed E-state index contributed by atoms with van der Waals surface area (Å²) in [7, 11) is 0. The van der Waals surface area contributed by atoms with Crippen LogP contribution in [0.5, 0.6) is 0 Å². The molecule has 0 radical (unpaired) electrons. The summed E-state index contributed by atoms with van der Waals surface area (Å²) in [6.45, 7) is 3.16. The SMILES string of the molecule is CCCCn1c(C(=S)c2ccccc2)nc2ccccc21. The summed E-state index contributed by atoms with van der Waals surface area (Å²) in [6, 6.07) is 18.4. The second kappa shape index (κ2) is 6.19. The summed E-state index contributed by atoms with van der Waals surface area (Å²) >= 11 is 5.68. The Balaban J connectivity index is 2.10. The largest absolute Gasteiger partial charge is 0.323 e. The highest BCUT2D eigenvalue weighted by Gasteiger charge is 2.15. The average Bonchev–Trinajstić information content (AvgIpc) is 2.91. The number of unbranched alkanes of at least 4 members (excludes halogenated alkanes) is 1. The number of rotatable bonds is 5. The summed E-state index contributed by atoms with van der Waals surface area (Å²) in [5.41, 5.74) is 3.24. The maximum absolute atomic E-state index is 5.68. The van der Waals surface area contributed by atoms with Gasteiger partial charge in [-0.25, -0.2) is 4.98 Å². The van der Waals surface area contributed by atoms with E-state index in [1.807, 2.05) is 36.4 Å². The van der Waals surface area contributed by atoms with E-state index in [1.54, 1.807) is 0 Å². The van der Waals surface area contributed by atoms with Gasteiger partial charge >= 0.3 is 0 Å². The number of thiocarbonyl (C=S) groups is 1. The molecule has 0 N–H and O–H groups in total. The van der Waals surface area contributed by atoms with Crippen LogP contribution in [0.4, 0.5) is 0 Å². The van der Waals surface area contributed by atoms with Gasteiger partial charge in [0.15, 0.2) is 5.82 Å². The molecule has 0 amide bonds. The van der Waals surface area contributed by atoms with Gasteiger partial charge in [-0.15, -0.1) is 0 Å². The number of para-hydroxylation sites is 2. The summed E-state index contributed by atoms with van der Waals surface area (Å²) < 4.78 is 2.26. The highest BCUT2D eigenvalue weighted by molar-refractivity contribution is 7.81. The Bertz CT molecular complexity index is 759. The lowest BCUT2D eigenvalue weighted by atomic mass is 10.1. The maximum atomic E-state index is 5.68. The van der Waals surface area contributed by atoms with Crippen molar-refractivity contribution in [2.75, 3.05) is 0 Å². The van der Waals surface area contributed by atoms with E-state index in [0.717, 1.165) is 41.2 Å². The standard InChI is InChI=1S/C18H18N2S/c1-2-3-13-20-16-12-8-7-11-15(16)19-18(20)17(21)14-9-5-4-6-10-14/h4-12H,2-3,13H2,1H3. The van der Waals surface area contributed by atoms with Gasteiger partial charge in [-0.2, -0.15) is 0 Å². The monoisotopic (exact) mass is 294 g/mol. The molecule has 0 unspecified atom stereocenters. The number of aryl methyl sites for hydroxylation is 1. The molecule has 3 heteroatoms. The number of fused-ring (bicyclic) bond motifs is 1. The zero-order valence-electron chi connectivity index (χ0n) is 12.1. The first-order valence-corrected chi connectivity index (χ1v) is 7.77. The molecule has 1 aromatic heterocycles. The number of benzene rings is 2. The molecule has 3 rings (SSSR count). The molecular formula is C18H18N2S. The number of hydrogen-bond acceptors (Lipinski definition) is 2. The smallest absolute Gasteiger partial charge is 0.152 e. The van der Waals surface area contributed by atoms with Gasteiger partial charge in [0.2, 0.25) is 0 Å². The van der Waals surface area contributed by atoms with Crippen LogP contribution in [0.3, 0.4) is 0 Å². The molecule has 0 aliphatic heterocycles. The first-order chi connectivity index (χ1) is 10.3. The van der Waals surface area contributed by atoms with Gasteiger partial charge in [-0.3, -0.25) is 0 Å². The van der Waals surface area contributed by atoms with Crippen LogP contribution in [0.15, 0.2) is 54.6 Å². The second-order valence-corrected chi connectivity index (χ2v) is 5.53. The molecule has 0 saturated carbocycles. The van der Waals surface area contributed by atoms with E-state index in [1.165, 1.54) is 5.52 Å². The van der Waals surface area contributed by atoms with Gasteiger partial charge in [0.05, 0.1) is 15.9 Å². The highest BCUT2D eigenvalue weighted by atomic mass is 32.1. The fourth-order valence-electron chi connectivity index (χ4n) is 2.51. The van der Waals surface area contributed by atoms with E-state index < -0.39 is 0 Å². The Hall–Kier alpha value is -2.00. The molecule has 2 nitrogen and oxygen atoms in total. The topological polar surface area (TPSA) is 17.8 Å². The highest BCUT2D eigenvalue weighted by Crippen LogP contribution is 2.20. The Labute approximate surface area is 130 Å². The molecule has 1 heterocycles. The lowest BCUT2D eigenvalue weighted by molar-refractivity contribution is 0.642. The van der Waals surface area contributed by atoms with Crippen LogP contribution >= 0.6 is 12.2 Å². The van der Waals surface area contributed by atoms with Crippen molar-refractivity contribution in [3.63, 3.8) is 0 Å². The van der Waals surface area contributed by atoms with Crippen molar-refractivity contribution < 1.29 is 0 Å². The molecule has 0 aliphatic rings. The minimum absolute atomic E-state index is 0.822. The molecule has 3 aromatic rings. The van der Waals surface area contributed by atoms with Crippen LogP contribution in [-0.2, 0) is 6.54 Å². The number of imidazole rings is 1. The molecule has 0 aliphatic carbocycles. The van der Waals surface area contributed by atoms with Gasteiger partial charge in [0.1, 0.15) is 0 Å². The van der Waals surface area contributed by atoms with Crippen molar-refractivity contribution in [1.29, 1.82) is 0 Å². The molecule has 21 heavy (non-hydrogen) atoms. The quantitative estimate of drug-likeness (QED) is 0.505. The van der Waals surface area contributed by atoms with Crippen molar-refractivity contribution >= 4 is 28.1 Å². The van der Waals surface area contributed by atoms with Gasteiger partial charge in [0, 0.05) is 6.54 Å². The summed E-state index contributed by atoms with van der Waals surface area (Å²) in [5.74, 6) is 0.908. The summed E-state index contributed by atoms with van der Waals surface area (Å²) in [4.78, 5) is 5.59. The van der Waals surface area contributed by atoms with Crippen LogP contribution in [0.2, 0.25) is 0 Å². The van der Waals surface area contributed by atoms with Gasteiger partial charge in [-0.1, -0.05) is 68.0 Å². The molecular weight excluding hydrogens is 276 g/mol. The molecule has 0 fully saturated rings. The second-order valence-electron chi connectivity index (χ2n) is 5.12. The van der Waals surface area contributed by atoms with Crippen molar-refractivity contribution in [3.8, 4) is 0 Å². The summed E-state index contributed by atoms with van der Waals surface area (Å²) in [5, 5.41) is 0. The Morgan fingerprint density at radius 1 is 1.05 bits per heavy atom. The molecule has 2 aromatic carbocycles. The van der Waals surface area contributed by atoms with Gasteiger partial charge in [0.25, 0.3) is 0 Å². The number of nitrogens with zero attached hydrogens (tertiary/aromatic N) is 2. The predicted molar refractivity (Wildman–Crippen MR) is 91.9 cm³/mol. The minimum Gasteiger partial charge on any atom is -0.323 e. The average molecular weight is 294 g/mol. The maximum Gasteiger partial charge on any atom is 0.152 e. The van der Waals surface area contributed by atoms with Crippen LogP contribution in [0.1, 0.15) is 31.2 Å². The van der Waals surface area contributed by atoms with E-state index in [2.05, 4.69) is 29.7 Å². The Morgan fingerprint density at radius 2 is 1.76 bits per heavy atom. The van der Waals surface area contributed by atoms with E-state index >= 15 is 0 Å². The molecule has 0 spiro atoms. The minimum atomic E-state index is 0.822. The predicted octanol–water partition coefficient (Wildman–Crippen LogP) is 4.60. The zero-order valence-corrected chi connectivity index (χ0v) is 12.9. The van der Waals surface area contributed by atoms with Crippen molar-refractivity contribution in [2.24, 2.45) is 0 Å². The van der Waals surface area contributed by atoms with E-state index in [0.29, 0.717) is 0 Å². The van der Waals surface area contributed by atoms with Crippen molar-refractivity contribution in [3.05, 3.63) is 66.0 Å². The van der Waals surface area contributed by atoms with Crippen LogP contribution in [-0.4, -0.2) is 14.4 Å². The van der Waals surface area contributed by atoms with Crippen LogP contribution < -0.4 is 0 Å². The third-order valence-corrected chi connectivity index (χ3v) is 4.05. The van der Waals surface area contributed by atoms with Gasteiger partial charge < -0.3 is 4.57 Å². The molecule has 0 saturated heterocycles. The fraction of sp³-hybridized carbons (Fsp3) is 0.222. The molecule has 0 bridgehead atoms. The van der Waals surface area contributed by atoms with Crippen LogP contribution in [0.25, 0.3) is 11.0 Å². The fourth-order valence-corrected chi connectivity index (χ4v) is 2.80. The van der Waals surface area contributed by atoms with Gasteiger partial charge in [-0.05, 0) is 24.1 Å². The van der Waals surface area contributed by atoms with E-state index in [9.17, 15) is 0 Å². The first kappa shape index (κ1) is 14.0. The summed E-state index contributed by atoms with van der Waals surface area (Å²) in [6.07, 6.45) is 2.29. The zero-order chi connectivity index (χ0) is 14.7. The number of aromatic nitrogens is 2. The molecule has 106 valence electrons. The van der Waals surface area contributed by atoms with E-state index in [4.69, 9.17) is 17.2 Å². The van der Waals surface area contributed by atoms with Crippen molar-refractivity contribution in [1.82, 2.24) is 9.55 Å². The van der Waals surface area contributed by atoms with Crippen molar-refractivity contribution in [2.45, 2.75) is 26.3 Å². The third kappa shape index (κ3) is 2.74. The first-order valence-electron chi connectivity index (χ1n) is 7.36. The normalized spacial score (nSPS) is 10.9. The third-order valence-electron chi connectivity index (χ3n) is 3.63. The Morgan fingerprint density at radius 3 is 2.52 bits per heavy atom. The lowest BCUT2D eigenvalue weighted by Gasteiger charge is -2.09. The van der Waals surface area contributed by atoms with E-state index in [-0.39, 0.29) is 0 Å². The lowest BCUT2D eigenvalue weighted by Crippen LogP contribution is -2.11. The Kier molecular flexibility index (Phi) is 4.11. The molecule has 0 atom stereocenters. The number of hydrogen-bond donors (Lipinski definition) is 0.